The number of aryl methyl sites for hydroxylation is 1. The fourth-order valence-electron chi connectivity index (χ4n) is 3.81. The van der Waals surface area contributed by atoms with Crippen LogP contribution in [0.1, 0.15) is 48.4 Å². The molecule has 4 heterocycles. The van der Waals surface area contributed by atoms with E-state index in [1.807, 2.05) is 19.4 Å². The van der Waals surface area contributed by atoms with Crippen molar-refractivity contribution in [3.8, 4) is 21.8 Å². The molecule has 0 aliphatic carbocycles. The van der Waals surface area contributed by atoms with Gasteiger partial charge in [0, 0.05) is 58.9 Å². The Morgan fingerprint density at radius 1 is 1.38 bits per heavy atom. The second kappa shape index (κ2) is 8.90. The molecular weight excluding hydrogens is 400 g/mol. The van der Waals surface area contributed by atoms with Crippen molar-refractivity contribution in [3.63, 3.8) is 0 Å². The molecule has 0 aromatic carbocycles. The molecule has 1 aliphatic heterocycles. The first kappa shape index (κ1) is 20.4. The largest absolute Gasteiger partial charge is 0.312 e. The number of thiazole rings is 1. The molecule has 3 aromatic heterocycles. The van der Waals surface area contributed by atoms with E-state index in [2.05, 4.69) is 29.6 Å². The maximum absolute atomic E-state index is 12.7. The van der Waals surface area contributed by atoms with Crippen molar-refractivity contribution in [2.24, 2.45) is 13.0 Å². The molecule has 0 bridgehead atoms. The van der Waals surface area contributed by atoms with Crippen LogP contribution >= 0.6 is 22.7 Å². The van der Waals surface area contributed by atoms with E-state index in [0.29, 0.717) is 24.5 Å². The van der Waals surface area contributed by atoms with E-state index in [1.165, 1.54) is 20.9 Å². The Balaban J connectivity index is 1.61. The van der Waals surface area contributed by atoms with Crippen molar-refractivity contribution in [1.82, 2.24) is 20.1 Å². The molecule has 0 unspecified atom stereocenters. The van der Waals surface area contributed by atoms with Gasteiger partial charge in [0.05, 0.1) is 11.9 Å². The summed E-state index contributed by atoms with van der Waals surface area (Å²) in [5, 5.41) is 10.9. The highest BCUT2D eigenvalue weighted by atomic mass is 32.1. The van der Waals surface area contributed by atoms with Crippen LogP contribution in [-0.4, -0.2) is 27.1 Å². The third-order valence-electron chi connectivity index (χ3n) is 5.31. The Kier molecular flexibility index (Phi) is 6.27. The van der Waals surface area contributed by atoms with Crippen LogP contribution in [0.25, 0.3) is 21.8 Å². The van der Waals surface area contributed by atoms with Gasteiger partial charge >= 0.3 is 0 Å². The number of ketones is 1. The highest BCUT2D eigenvalue weighted by Gasteiger charge is 2.25. The summed E-state index contributed by atoms with van der Waals surface area (Å²) in [5.41, 5.74) is 4.61. The van der Waals surface area contributed by atoms with E-state index in [4.69, 9.17) is 4.98 Å². The van der Waals surface area contributed by atoms with E-state index >= 15 is 0 Å². The predicted octanol–water partition coefficient (Wildman–Crippen LogP) is 4.86. The van der Waals surface area contributed by atoms with Crippen LogP contribution in [0.3, 0.4) is 0 Å². The molecular formula is C22H28N4OS2. The van der Waals surface area contributed by atoms with Crippen molar-refractivity contribution < 1.29 is 4.79 Å². The zero-order valence-corrected chi connectivity index (χ0v) is 19.0. The van der Waals surface area contributed by atoms with Gasteiger partial charge < -0.3 is 5.32 Å². The number of thiophene rings is 1. The van der Waals surface area contributed by atoms with Gasteiger partial charge in [-0.1, -0.05) is 20.3 Å². The van der Waals surface area contributed by atoms with E-state index in [-0.39, 0.29) is 0 Å². The van der Waals surface area contributed by atoms with E-state index in [9.17, 15) is 4.79 Å². The van der Waals surface area contributed by atoms with E-state index in [1.54, 1.807) is 27.4 Å². The number of carbonyl (C=O) groups excluding carboxylic acids is 1. The molecule has 154 valence electrons. The van der Waals surface area contributed by atoms with Gasteiger partial charge in [-0.3, -0.25) is 9.48 Å². The first-order valence-corrected chi connectivity index (χ1v) is 12.0. The third kappa shape index (κ3) is 4.68. The number of fused-ring (bicyclic) bond motifs is 1. The second-order valence-electron chi connectivity index (χ2n) is 8.17. The van der Waals surface area contributed by atoms with Gasteiger partial charge in [0.2, 0.25) is 0 Å². The van der Waals surface area contributed by atoms with Crippen LogP contribution in [0.4, 0.5) is 0 Å². The Bertz CT molecular complexity index is 999. The molecule has 0 amide bonds. The van der Waals surface area contributed by atoms with Crippen molar-refractivity contribution in [2.75, 3.05) is 6.54 Å². The van der Waals surface area contributed by atoms with Crippen LogP contribution in [0.5, 0.6) is 0 Å². The summed E-state index contributed by atoms with van der Waals surface area (Å²) in [7, 11) is 1.92. The van der Waals surface area contributed by atoms with Gasteiger partial charge in [-0.2, -0.15) is 5.10 Å². The summed E-state index contributed by atoms with van der Waals surface area (Å²) >= 11 is 3.47. The van der Waals surface area contributed by atoms with Gasteiger partial charge in [-0.25, -0.2) is 4.98 Å². The number of carbonyl (C=O) groups is 1. The summed E-state index contributed by atoms with van der Waals surface area (Å²) in [6, 6.07) is 0. The van der Waals surface area contributed by atoms with Crippen molar-refractivity contribution in [3.05, 3.63) is 33.1 Å². The molecule has 0 spiro atoms. The molecule has 0 fully saturated rings. The lowest BCUT2D eigenvalue weighted by Gasteiger charge is -2.13. The van der Waals surface area contributed by atoms with Crippen LogP contribution in [0.2, 0.25) is 0 Å². The molecule has 29 heavy (non-hydrogen) atoms. The number of nitrogens with one attached hydrogen (secondary N) is 1. The topological polar surface area (TPSA) is 59.8 Å². The third-order valence-corrected chi connectivity index (χ3v) is 7.41. The summed E-state index contributed by atoms with van der Waals surface area (Å²) in [6.45, 7) is 6.31. The number of rotatable bonds is 8. The van der Waals surface area contributed by atoms with Crippen LogP contribution in [-0.2, 0) is 31.2 Å². The monoisotopic (exact) mass is 428 g/mol. The zero-order valence-electron chi connectivity index (χ0n) is 17.3. The average molecular weight is 429 g/mol. The molecule has 3 aromatic rings. The molecule has 0 atom stereocenters. The fourth-order valence-corrected chi connectivity index (χ4v) is 6.16. The van der Waals surface area contributed by atoms with Crippen LogP contribution < -0.4 is 5.32 Å². The van der Waals surface area contributed by atoms with Gasteiger partial charge in [0.25, 0.3) is 0 Å². The number of hydrogen-bond donors (Lipinski definition) is 1. The number of Topliss-reactive ketones (excluding diaryl/α,β-unsaturated/α-hetero) is 1. The molecule has 0 saturated carbocycles. The smallest absolute Gasteiger partial charge is 0.138 e. The quantitative estimate of drug-likeness (QED) is 0.557. The maximum atomic E-state index is 12.7. The Labute approximate surface area is 180 Å². The van der Waals surface area contributed by atoms with Crippen molar-refractivity contribution in [1.29, 1.82) is 0 Å². The minimum atomic E-state index is 0.350. The second-order valence-corrected chi connectivity index (χ2v) is 10.2. The Hall–Kier alpha value is -1.83. The van der Waals surface area contributed by atoms with Crippen molar-refractivity contribution >= 4 is 28.5 Å². The summed E-state index contributed by atoms with van der Waals surface area (Å²) in [6.07, 6.45) is 8.16. The molecule has 1 aliphatic rings. The summed E-state index contributed by atoms with van der Waals surface area (Å²) < 4.78 is 1.80. The standard InChI is InChI=1S/C22H28N4OS2/c1-14(2)5-4-6-16(27)9-19-21(17-7-8-23-11-20(17)29-19)22-25-18(13-28-22)15-10-24-26(3)12-15/h10,12-14,23H,4-9,11H2,1-3H3. The maximum Gasteiger partial charge on any atom is 0.138 e. The van der Waals surface area contributed by atoms with E-state index < -0.39 is 0 Å². The first-order chi connectivity index (χ1) is 14.0. The lowest BCUT2D eigenvalue weighted by molar-refractivity contribution is -0.118. The highest BCUT2D eigenvalue weighted by molar-refractivity contribution is 7.15. The van der Waals surface area contributed by atoms with Gasteiger partial charge in [-0.05, 0) is 30.9 Å². The molecule has 0 saturated heterocycles. The molecule has 0 radical (unpaired) electrons. The van der Waals surface area contributed by atoms with Crippen molar-refractivity contribution in [2.45, 2.75) is 52.5 Å². The fraction of sp³-hybridized carbons (Fsp3) is 0.500. The number of hydrogen-bond acceptors (Lipinski definition) is 6. The SMILES string of the molecule is CC(C)CCCC(=O)Cc1sc2c(c1-c1nc(-c3cnn(C)c3)cs1)CCNC2. The minimum Gasteiger partial charge on any atom is -0.312 e. The molecule has 5 nitrogen and oxygen atoms in total. The number of aromatic nitrogens is 3. The Morgan fingerprint density at radius 3 is 3.00 bits per heavy atom. The summed E-state index contributed by atoms with van der Waals surface area (Å²) in [4.78, 5) is 20.2. The van der Waals surface area contributed by atoms with Crippen LogP contribution in [0.15, 0.2) is 17.8 Å². The van der Waals surface area contributed by atoms with Gasteiger partial charge in [0.1, 0.15) is 10.8 Å². The first-order valence-electron chi connectivity index (χ1n) is 10.3. The molecule has 7 heteroatoms. The molecule has 4 rings (SSSR count). The Morgan fingerprint density at radius 2 is 2.24 bits per heavy atom. The minimum absolute atomic E-state index is 0.350. The number of nitrogens with zero attached hydrogens (tertiary/aromatic N) is 3. The van der Waals surface area contributed by atoms with Gasteiger partial charge in [0.15, 0.2) is 0 Å². The lowest BCUT2D eigenvalue weighted by atomic mass is 9.99. The molecule has 1 N–H and O–H groups in total. The predicted molar refractivity (Wildman–Crippen MR) is 120 cm³/mol. The van der Waals surface area contributed by atoms with E-state index in [0.717, 1.165) is 48.6 Å². The highest BCUT2D eigenvalue weighted by Crippen LogP contribution is 2.41. The van der Waals surface area contributed by atoms with Gasteiger partial charge in [-0.15, -0.1) is 22.7 Å². The summed E-state index contributed by atoms with van der Waals surface area (Å²) in [5.74, 6) is 1.00. The average Bonchev–Trinajstić information content (AvgIpc) is 3.38. The zero-order chi connectivity index (χ0) is 20.4. The normalized spacial score (nSPS) is 13.8. The van der Waals surface area contributed by atoms with Crippen LogP contribution in [0, 0.1) is 5.92 Å². The lowest BCUT2D eigenvalue weighted by Crippen LogP contribution is -2.22.